The molecule has 5 aromatic rings. The fourth-order valence-electron chi connectivity index (χ4n) is 5.53. The molecule has 0 saturated carbocycles. The largest absolute Gasteiger partial charge is 0.382 e. The van der Waals surface area contributed by atoms with E-state index in [0.717, 1.165) is 60.1 Å². The third-order valence-corrected chi connectivity index (χ3v) is 11.7. The summed E-state index contributed by atoms with van der Waals surface area (Å²) in [6.07, 6.45) is 1.44. The standard InChI is InChI=1S/C34H39ClN4O6S2/c1-8-25-15-30-33(29(9-2)36-25)28(35)17-31(40)38(30)18-24-10-11-26(20(3)14-24)27-16-32(46-23(27)6)47(41,42)39(19-44-13-12-43-7)34-21(4)22(5)45-37-34/h10-11,14-17H,8-9,12-13,18-19H2,1-7H3. The Kier molecular flexibility index (Phi) is 10.6. The molecule has 0 aliphatic carbocycles. The highest BCUT2D eigenvalue weighted by atomic mass is 35.5. The van der Waals surface area contributed by atoms with Crippen LogP contribution in [0, 0.1) is 27.7 Å². The van der Waals surface area contributed by atoms with Crippen molar-refractivity contribution in [3.05, 3.63) is 90.5 Å². The number of hydrogen-bond donors (Lipinski definition) is 0. The first kappa shape index (κ1) is 34.8. The van der Waals surface area contributed by atoms with Gasteiger partial charge in [0.2, 0.25) is 0 Å². The first-order valence-electron chi connectivity index (χ1n) is 15.4. The molecule has 5 rings (SSSR count). The number of fused-ring (bicyclic) bond motifs is 1. The predicted molar refractivity (Wildman–Crippen MR) is 186 cm³/mol. The number of nitrogens with zero attached hydrogens (tertiary/aromatic N) is 4. The topological polar surface area (TPSA) is 117 Å². The fraction of sp³-hybridized carbons (Fsp3) is 0.382. The van der Waals surface area contributed by atoms with E-state index in [4.69, 9.17) is 30.6 Å². The quantitative estimate of drug-likeness (QED) is 0.0955. The minimum Gasteiger partial charge on any atom is -0.382 e. The molecule has 0 N–H and O–H groups in total. The molecule has 0 bridgehead atoms. The van der Waals surface area contributed by atoms with Crippen LogP contribution < -0.4 is 9.86 Å². The molecule has 0 amide bonds. The number of hydrogen-bond acceptors (Lipinski definition) is 9. The van der Waals surface area contributed by atoms with Gasteiger partial charge < -0.3 is 18.6 Å². The van der Waals surface area contributed by atoms with Crippen LogP contribution in [0.3, 0.4) is 0 Å². The number of pyridine rings is 2. The molecule has 0 radical (unpaired) electrons. The van der Waals surface area contributed by atoms with E-state index < -0.39 is 10.0 Å². The molecule has 0 fully saturated rings. The Morgan fingerprint density at radius 3 is 2.43 bits per heavy atom. The lowest BCUT2D eigenvalue weighted by Crippen LogP contribution is -2.34. The van der Waals surface area contributed by atoms with Gasteiger partial charge in [-0.05, 0) is 74.9 Å². The number of methoxy groups -OCH3 is 1. The van der Waals surface area contributed by atoms with Crippen LogP contribution in [0.4, 0.5) is 5.82 Å². The van der Waals surface area contributed by atoms with Crippen molar-refractivity contribution in [1.29, 1.82) is 0 Å². The summed E-state index contributed by atoms with van der Waals surface area (Å²) in [5.74, 6) is 0.712. The molecule has 4 heterocycles. The van der Waals surface area contributed by atoms with Crippen molar-refractivity contribution < 1.29 is 22.4 Å². The molecule has 0 aliphatic rings. The van der Waals surface area contributed by atoms with Gasteiger partial charge in [-0.1, -0.05) is 48.8 Å². The van der Waals surface area contributed by atoms with Crippen LogP contribution in [0.15, 0.2) is 49.9 Å². The number of rotatable bonds is 13. The maximum absolute atomic E-state index is 14.0. The minimum absolute atomic E-state index is 0.162. The summed E-state index contributed by atoms with van der Waals surface area (Å²) in [4.78, 5) is 18.8. The van der Waals surface area contributed by atoms with Gasteiger partial charge in [-0.3, -0.25) is 9.78 Å². The van der Waals surface area contributed by atoms with E-state index in [1.54, 1.807) is 31.6 Å². The Morgan fingerprint density at radius 2 is 1.79 bits per heavy atom. The van der Waals surface area contributed by atoms with Crippen molar-refractivity contribution in [2.24, 2.45) is 0 Å². The van der Waals surface area contributed by atoms with Crippen LogP contribution in [0.2, 0.25) is 5.02 Å². The minimum atomic E-state index is -4.05. The van der Waals surface area contributed by atoms with Gasteiger partial charge in [-0.25, -0.2) is 12.7 Å². The highest BCUT2D eigenvalue weighted by molar-refractivity contribution is 7.94. The Bertz CT molecular complexity index is 2100. The molecule has 250 valence electrons. The molecule has 4 aromatic heterocycles. The lowest BCUT2D eigenvalue weighted by molar-refractivity contribution is 0.0753. The lowest BCUT2D eigenvalue weighted by Gasteiger charge is -2.21. The first-order chi connectivity index (χ1) is 22.4. The molecule has 1 aromatic carbocycles. The lowest BCUT2D eigenvalue weighted by atomic mass is 9.99. The van der Waals surface area contributed by atoms with E-state index >= 15 is 0 Å². The van der Waals surface area contributed by atoms with Crippen molar-refractivity contribution in [3.63, 3.8) is 0 Å². The van der Waals surface area contributed by atoms with E-state index in [1.165, 1.54) is 17.4 Å². The Labute approximate surface area is 283 Å². The average Bonchev–Trinajstić information content (AvgIpc) is 3.59. The van der Waals surface area contributed by atoms with Gasteiger partial charge in [0.1, 0.15) is 16.7 Å². The second-order valence-corrected chi connectivity index (χ2v) is 15.1. The maximum atomic E-state index is 14.0. The number of benzene rings is 1. The van der Waals surface area contributed by atoms with Gasteiger partial charge in [0.05, 0.1) is 36.0 Å². The second kappa shape index (κ2) is 14.3. The van der Waals surface area contributed by atoms with E-state index in [0.29, 0.717) is 35.9 Å². The molecule has 0 spiro atoms. The Hall–Kier alpha value is -3.55. The molecule has 0 unspecified atom stereocenters. The summed E-state index contributed by atoms with van der Waals surface area (Å²) in [5, 5.41) is 5.24. The molecule has 0 aliphatic heterocycles. The summed E-state index contributed by atoms with van der Waals surface area (Å²) in [7, 11) is -2.50. The van der Waals surface area contributed by atoms with Crippen molar-refractivity contribution in [3.8, 4) is 11.1 Å². The smallest absolute Gasteiger partial charge is 0.277 e. The van der Waals surface area contributed by atoms with Gasteiger partial charge in [0.15, 0.2) is 5.82 Å². The Balaban J connectivity index is 1.49. The van der Waals surface area contributed by atoms with Crippen LogP contribution in [-0.2, 0) is 38.9 Å². The highest BCUT2D eigenvalue weighted by Gasteiger charge is 2.32. The number of aromatic nitrogens is 3. The van der Waals surface area contributed by atoms with Gasteiger partial charge in [-0.15, -0.1) is 11.3 Å². The molecule has 0 atom stereocenters. The van der Waals surface area contributed by atoms with E-state index in [2.05, 4.69) is 5.16 Å². The number of ether oxygens (including phenoxy) is 2. The van der Waals surface area contributed by atoms with E-state index in [1.807, 2.05) is 52.0 Å². The van der Waals surface area contributed by atoms with Crippen LogP contribution in [0.25, 0.3) is 22.0 Å². The normalized spacial score (nSPS) is 11.9. The SMILES string of the molecule is CCc1cc2c(c(Cl)cc(=O)n2Cc2ccc(-c3cc(S(=O)(=O)N(COCCOC)c4noc(C)c4C)sc3C)c(C)c2)c(CC)n1. The summed E-state index contributed by atoms with van der Waals surface area (Å²) in [6.45, 7) is 12.1. The van der Waals surface area contributed by atoms with Crippen molar-refractivity contribution >= 4 is 49.7 Å². The second-order valence-electron chi connectivity index (χ2n) is 11.3. The molecule has 10 nitrogen and oxygen atoms in total. The van der Waals surface area contributed by atoms with Gasteiger partial charge in [0, 0.05) is 34.7 Å². The molecular weight excluding hydrogens is 660 g/mol. The van der Waals surface area contributed by atoms with E-state index in [9.17, 15) is 13.2 Å². The summed E-state index contributed by atoms with van der Waals surface area (Å²) in [6, 6.07) is 11.1. The summed E-state index contributed by atoms with van der Waals surface area (Å²) in [5.41, 5.74) is 6.57. The third-order valence-electron chi connectivity index (χ3n) is 8.24. The zero-order valence-corrected chi connectivity index (χ0v) is 30.0. The van der Waals surface area contributed by atoms with Crippen molar-refractivity contribution in [2.75, 3.05) is 31.4 Å². The highest BCUT2D eigenvalue weighted by Crippen LogP contribution is 2.38. The van der Waals surface area contributed by atoms with E-state index in [-0.39, 0.29) is 28.9 Å². The van der Waals surface area contributed by atoms with Crippen LogP contribution in [-0.4, -0.2) is 50.2 Å². The molecule has 0 saturated heterocycles. The monoisotopic (exact) mass is 698 g/mol. The Morgan fingerprint density at radius 1 is 1.02 bits per heavy atom. The van der Waals surface area contributed by atoms with Crippen LogP contribution >= 0.6 is 22.9 Å². The number of sulfonamides is 1. The number of anilines is 1. The van der Waals surface area contributed by atoms with Crippen LogP contribution in [0.5, 0.6) is 0 Å². The molecule has 47 heavy (non-hydrogen) atoms. The average molecular weight is 699 g/mol. The van der Waals surface area contributed by atoms with Crippen molar-refractivity contribution in [1.82, 2.24) is 14.7 Å². The zero-order chi connectivity index (χ0) is 34.0. The summed E-state index contributed by atoms with van der Waals surface area (Å²) < 4.78 is 47.1. The fourth-order valence-corrected chi connectivity index (χ4v) is 8.75. The maximum Gasteiger partial charge on any atom is 0.277 e. The molecule has 13 heteroatoms. The number of aryl methyl sites for hydroxylation is 5. The third kappa shape index (κ3) is 6.88. The van der Waals surface area contributed by atoms with Crippen molar-refractivity contribution in [2.45, 2.75) is 65.1 Å². The first-order valence-corrected chi connectivity index (χ1v) is 18.0. The molecular formula is C34H39ClN4O6S2. The zero-order valence-electron chi connectivity index (χ0n) is 27.6. The summed E-state index contributed by atoms with van der Waals surface area (Å²) >= 11 is 7.75. The van der Waals surface area contributed by atoms with Crippen LogP contribution in [0.1, 0.15) is 52.6 Å². The number of halogens is 1. The predicted octanol–water partition coefficient (Wildman–Crippen LogP) is 6.99. The van der Waals surface area contributed by atoms with Gasteiger partial charge >= 0.3 is 0 Å². The number of thiophene rings is 1. The van der Waals surface area contributed by atoms with Gasteiger partial charge in [-0.2, -0.15) is 0 Å². The van der Waals surface area contributed by atoms with Gasteiger partial charge in [0.25, 0.3) is 15.6 Å².